The molecule has 50 heavy (non-hydrogen) atoms. The number of nitrogens with one attached hydrogen (secondary N) is 1. The van der Waals surface area contributed by atoms with Crippen molar-refractivity contribution in [3.05, 3.63) is 122 Å². The van der Waals surface area contributed by atoms with Crippen LogP contribution in [0.15, 0.2) is 65.7 Å². The van der Waals surface area contributed by atoms with Gasteiger partial charge in [-0.25, -0.2) is 4.39 Å². The van der Waals surface area contributed by atoms with Crippen LogP contribution in [0.25, 0.3) is 11.1 Å². The molecule has 0 unspecified atom stereocenters. The van der Waals surface area contributed by atoms with Gasteiger partial charge in [0.25, 0.3) is 5.56 Å². The maximum atomic E-state index is 14.3. The maximum absolute atomic E-state index is 14.3. The van der Waals surface area contributed by atoms with Gasteiger partial charge in [0.15, 0.2) is 0 Å². The van der Waals surface area contributed by atoms with Crippen molar-refractivity contribution in [1.29, 1.82) is 0 Å². The summed E-state index contributed by atoms with van der Waals surface area (Å²) >= 11 is 0. The lowest BCUT2D eigenvalue weighted by Gasteiger charge is -2.27. The number of hydrogen-bond acceptors (Lipinski definition) is 4. The molecule has 0 aliphatic heterocycles. The zero-order valence-corrected chi connectivity index (χ0v) is 28.5. The van der Waals surface area contributed by atoms with Crippen LogP contribution in [0.3, 0.4) is 0 Å². The van der Waals surface area contributed by atoms with Crippen LogP contribution in [-0.4, -0.2) is 26.5 Å². The molecule has 0 fully saturated rings. The van der Waals surface area contributed by atoms with Gasteiger partial charge >= 0.3 is 12.1 Å². The second kappa shape index (κ2) is 15.0. The highest BCUT2D eigenvalue weighted by Crippen LogP contribution is 2.39. The van der Waals surface area contributed by atoms with Crippen molar-refractivity contribution in [3.8, 4) is 11.1 Å². The Morgan fingerprint density at radius 2 is 1.74 bits per heavy atom. The first-order chi connectivity index (χ1) is 23.6. The number of benzene rings is 2. The number of fused-ring (bicyclic) bond motifs is 1. The molecule has 0 saturated carbocycles. The monoisotopic (exact) mass is 691 g/mol. The third kappa shape index (κ3) is 8.31. The Bertz CT molecular complexity index is 1930. The molecule has 264 valence electrons. The van der Waals surface area contributed by atoms with E-state index in [4.69, 9.17) is 0 Å². The van der Waals surface area contributed by atoms with Gasteiger partial charge in [-0.15, -0.1) is 0 Å². The Morgan fingerprint density at radius 3 is 2.36 bits per heavy atom. The van der Waals surface area contributed by atoms with Crippen LogP contribution < -0.4 is 10.9 Å². The van der Waals surface area contributed by atoms with E-state index in [2.05, 4.69) is 10.3 Å². The van der Waals surface area contributed by atoms with Crippen molar-refractivity contribution in [2.75, 3.05) is 0 Å². The lowest BCUT2D eigenvalue weighted by molar-refractivity contribution is -0.139. The molecule has 1 aliphatic carbocycles. The summed E-state index contributed by atoms with van der Waals surface area (Å²) in [4.78, 5) is 43.9. The predicted molar refractivity (Wildman–Crippen MR) is 182 cm³/mol. The Morgan fingerprint density at radius 1 is 1.02 bits per heavy atom. The van der Waals surface area contributed by atoms with E-state index in [0.717, 1.165) is 63.4 Å². The third-order valence-corrected chi connectivity index (χ3v) is 9.28. The zero-order chi connectivity index (χ0) is 36.3. The van der Waals surface area contributed by atoms with Crippen molar-refractivity contribution in [3.63, 3.8) is 0 Å². The molecular formula is C39H41F4N3O4. The lowest BCUT2D eigenvalue weighted by atomic mass is 9.87. The summed E-state index contributed by atoms with van der Waals surface area (Å²) in [5.41, 5.74) is 4.17. The van der Waals surface area contributed by atoms with Crippen LogP contribution in [-0.2, 0) is 41.4 Å². The maximum Gasteiger partial charge on any atom is 0.416 e. The number of carboxylic acid groups (broad SMARTS) is 1. The van der Waals surface area contributed by atoms with Gasteiger partial charge < -0.3 is 15.0 Å². The van der Waals surface area contributed by atoms with Gasteiger partial charge in [0.1, 0.15) is 11.9 Å². The van der Waals surface area contributed by atoms with E-state index in [1.165, 1.54) is 12.1 Å². The number of rotatable bonds is 12. The van der Waals surface area contributed by atoms with Gasteiger partial charge in [0.2, 0.25) is 5.91 Å². The number of carboxylic acids is 1. The number of hydrogen-bond donors (Lipinski definition) is 2. The minimum Gasteiger partial charge on any atom is -0.481 e. The topological polar surface area (TPSA) is 101 Å². The molecular weight excluding hydrogens is 650 g/mol. The van der Waals surface area contributed by atoms with Crippen molar-refractivity contribution < 1.29 is 32.3 Å². The molecule has 2 atom stereocenters. The number of aryl methyl sites for hydroxylation is 5. The third-order valence-electron chi connectivity index (χ3n) is 9.28. The fourth-order valence-electron chi connectivity index (χ4n) is 7.09. The quantitative estimate of drug-likeness (QED) is 0.147. The minimum absolute atomic E-state index is 0.0794. The first-order valence-electron chi connectivity index (χ1n) is 16.8. The number of aliphatic carboxylic acids is 1. The van der Waals surface area contributed by atoms with Gasteiger partial charge in [0, 0.05) is 24.2 Å². The zero-order valence-electron chi connectivity index (χ0n) is 28.5. The molecule has 1 aliphatic rings. The number of alkyl halides is 3. The Kier molecular flexibility index (Phi) is 10.9. The molecule has 0 radical (unpaired) electrons. The Hall–Kier alpha value is -4.80. The molecule has 1 amide bonds. The normalized spacial score (nSPS) is 14.0. The predicted octanol–water partition coefficient (Wildman–Crippen LogP) is 7.88. The molecule has 7 nitrogen and oxygen atoms in total. The summed E-state index contributed by atoms with van der Waals surface area (Å²) in [6.07, 6.45) is 0.0282. The van der Waals surface area contributed by atoms with Crippen molar-refractivity contribution >= 4 is 11.9 Å². The Labute approximate surface area is 288 Å². The summed E-state index contributed by atoms with van der Waals surface area (Å²) in [6.45, 7) is 7.29. The number of carbonyl (C=O) groups excluding carboxylic acids is 1. The summed E-state index contributed by atoms with van der Waals surface area (Å²) in [7, 11) is 0. The van der Waals surface area contributed by atoms with Crippen molar-refractivity contribution in [1.82, 2.24) is 14.9 Å². The number of aromatic nitrogens is 2. The van der Waals surface area contributed by atoms with E-state index in [-0.39, 0.29) is 36.6 Å². The summed E-state index contributed by atoms with van der Waals surface area (Å²) < 4.78 is 57.7. The van der Waals surface area contributed by atoms with Crippen LogP contribution in [0.4, 0.5) is 17.6 Å². The molecule has 0 spiro atoms. The number of amides is 1. The molecule has 2 N–H and O–H groups in total. The molecule has 11 heteroatoms. The van der Waals surface area contributed by atoms with E-state index in [1.807, 2.05) is 39.8 Å². The molecule has 0 saturated heterocycles. The Balaban J connectivity index is 1.56. The number of nitrogens with zero attached hydrogens (tertiary/aromatic N) is 2. The van der Waals surface area contributed by atoms with Crippen molar-refractivity contribution in [2.45, 2.75) is 90.9 Å². The van der Waals surface area contributed by atoms with Crippen LogP contribution in [0, 0.1) is 25.6 Å². The van der Waals surface area contributed by atoms with Crippen LogP contribution in [0.5, 0.6) is 0 Å². The number of carbonyl (C=O) groups is 2. The van der Waals surface area contributed by atoms with Gasteiger partial charge in [-0.3, -0.25) is 19.4 Å². The summed E-state index contributed by atoms with van der Waals surface area (Å²) in [5, 5.41) is 12.8. The summed E-state index contributed by atoms with van der Waals surface area (Å²) in [6, 6.07) is 10.1. The van der Waals surface area contributed by atoms with E-state index in [1.54, 1.807) is 24.4 Å². The van der Waals surface area contributed by atoms with Crippen LogP contribution in [0.1, 0.15) is 89.8 Å². The fourth-order valence-corrected chi connectivity index (χ4v) is 7.09. The average Bonchev–Trinajstić information content (AvgIpc) is 3.51. The second-order valence-corrected chi connectivity index (χ2v) is 13.6. The average molecular weight is 692 g/mol. The highest BCUT2D eigenvalue weighted by atomic mass is 19.4. The van der Waals surface area contributed by atoms with E-state index in [9.17, 15) is 37.1 Å². The largest absolute Gasteiger partial charge is 0.481 e. The first kappa shape index (κ1) is 36.5. The molecule has 2 aromatic carbocycles. The minimum atomic E-state index is -4.80. The smallest absolute Gasteiger partial charge is 0.416 e. The number of halogens is 4. The molecule has 0 bridgehead atoms. The first-order valence-corrected chi connectivity index (χ1v) is 16.8. The van der Waals surface area contributed by atoms with E-state index < -0.39 is 47.7 Å². The van der Waals surface area contributed by atoms with Gasteiger partial charge in [-0.2, -0.15) is 13.2 Å². The van der Waals surface area contributed by atoms with Gasteiger partial charge in [-0.1, -0.05) is 26.0 Å². The van der Waals surface area contributed by atoms with Gasteiger partial charge in [-0.05, 0) is 133 Å². The fraction of sp³-hybridized carbons (Fsp3) is 0.385. The SMILES string of the molecule is Cc1cc(F)cc(C)c1-c1cc([C@@H](CC(=O)O)NC(=O)[C@H](CC(C)C)n2cc(CCc3ccccn3)c(C(F)(F)F)cc2=O)cc2c1CCC2. The molecule has 2 heterocycles. The highest BCUT2D eigenvalue weighted by Gasteiger charge is 2.36. The van der Waals surface area contributed by atoms with Gasteiger partial charge in [0.05, 0.1) is 18.0 Å². The van der Waals surface area contributed by atoms with Crippen molar-refractivity contribution in [2.24, 2.45) is 5.92 Å². The molecule has 4 aromatic rings. The second-order valence-electron chi connectivity index (χ2n) is 13.6. The summed E-state index contributed by atoms with van der Waals surface area (Å²) in [5.74, 6) is -2.36. The van der Waals surface area contributed by atoms with Crippen LogP contribution in [0.2, 0.25) is 0 Å². The molecule has 5 rings (SSSR count). The van der Waals surface area contributed by atoms with E-state index >= 15 is 0 Å². The molecule has 2 aromatic heterocycles. The standard InChI is InChI=1S/C39H41F4N3O4/c1-22(2)14-34(46-21-26(11-12-29-9-5-6-13-44-29)32(19-35(46)47)39(41,42)43)38(50)45-33(20-36(48)49)27-17-25-8-7-10-30(25)31(18-27)37-23(3)15-28(40)16-24(37)4/h5-6,9,13,15-19,21-22,33-34H,7-8,10-12,14,20H2,1-4H3,(H,45,50)(H,48,49)/t33-,34+/m1/s1. The van der Waals surface area contributed by atoms with E-state index in [0.29, 0.717) is 17.3 Å². The number of pyridine rings is 2. The lowest BCUT2D eigenvalue weighted by Crippen LogP contribution is -2.40. The highest BCUT2D eigenvalue weighted by molar-refractivity contribution is 5.82. The van der Waals surface area contributed by atoms with Crippen LogP contribution >= 0.6 is 0 Å².